The number of H-pyrrole nitrogens is 1. The number of hydrogen-bond donors (Lipinski definition) is 1. The Labute approximate surface area is 169 Å². The van der Waals surface area contributed by atoms with Crippen molar-refractivity contribution in [2.24, 2.45) is 0 Å². The molecule has 0 fully saturated rings. The molecule has 0 atom stereocenters. The molecule has 28 heavy (non-hydrogen) atoms. The highest BCUT2D eigenvalue weighted by atomic mass is 32.1. The summed E-state index contributed by atoms with van der Waals surface area (Å²) in [5, 5.41) is 3.19. The van der Waals surface area contributed by atoms with E-state index in [0.29, 0.717) is 21.6 Å². The first kappa shape index (κ1) is 16.9. The Hall–Kier alpha value is -3.22. The topological polar surface area (TPSA) is 50.9 Å². The third-order valence-electron chi connectivity index (χ3n) is 4.57. The summed E-state index contributed by atoms with van der Waals surface area (Å²) in [6.45, 7) is 0. The summed E-state index contributed by atoms with van der Waals surface area (Å²) in [5.41, 5.74) is 2.79. The van der Waals surface area contributed by atoms with Gasteiger partial charge in [0, 0.05) is 11.1 Å². The summed E-state index contributed by atoms with van der Waals surface area (Å²) in [4.78, 5) is 16.6. The molecule has 3 heterocycles. The third kappa shape index (κ3) is 2.66. The Morgan fingerprint density at radius 2 is 1.57 bits per heavy atom. The molecular weight excluding hydrogens is 388 g/mol. The molecule has 5 rings (SSSR count). The highest BCUT2D eigenvalue weighted by Crippen LogP contribution is 2.38. The van der Waals surface area contributed by atoms with Crippen LogP contribution in [-0.2, 0) is 0 Å². The first-order chi connectivity index (χ1) is 13.7. The molecule has 4 nitrogen and oxygen atoms in total. The fourth-order valence-corrected chi connectivity index (χ4v) is 4.42. The molecule has 0 aliphatic heterocycles. The van der Waals surface area contributed by atoms with E-state index in [1.165, 1.54) is 15.9 Å². The van der Waals surface area contributed by atoms with Crippen molar-refractivity contribution < 1.29 is 4.42 Å². The molecule has 3 aromatic heterocycles. The van der Waals surface area contributed by atoms with Crippen molar-refractivity contribution in [3.05, 3.63) is 93.3 Å². The molecule has 0 amide bonds. The molecule has 0 radical (unpaired) electrons. The van der Waals surface area contributed by atoms with Crippen LogP contribution in [0.1, 0.15) is 0 Å². The van der Waals surface area contributed by atoms with Crippen molar-refractivity contribution in [1.82, 2.24) is 9.55 Å². The minimum Gasteiger partial charge on any atom is -0.439 e. The van der Waals surface area contributed by atoms with Crippen molar-refractivity contribution in [3.63, 3.8) is 0 Å². The van der Waals surface area contributed by atoms with E-state index in [1.807, 2.05) is 78.2 Å². The van der Waals surface area contributed by atoms with Crippen LogP contribution in [0, 0.1) is 4.77 Å². The highest BCUT2D eigenvalue weighted by Gasteiger charge is 2.22. The van der Waals surface area contributed by atoms with E-state index in [1.54, 1.807) is 0 Å². The summed E-state index contributed by atoms with van der Waals surface area (Å²) in [6.07, 6.45) is 0. The molecule has 5 aromatic rings. The van der Waals surface area contributed by atoms with Crippen LogP contribution in [0.2, 0.25) is 0 Å². The molecule has 0 bridgehead atoms. The number of fused-ring (bicyclic) bond motifs is 1. The minimum atomic E-state index is -0.189. The standard InChI is InChI=1S/C22H14N2O2S2/c25-21-18-17(14-8-3-1-4-9-14)19(15-10-5-2-6-11-15)26-20(18)23-22(27)24(21)16-12-7-13-28-16/h1-13H,(H,23,27). The Morgan fingerprint density at radius 3 is 2.21 bits per heavy atom. The Bertz CT molecular complexity index is 1380. The van der Waals surface area contributed by atoms with E-state index in [9.17, 15) is 4.79 Å². The first-order valence-electron chi connectivity index (χ1n) is 8.70. The molecule has 0 saturated carbocycles. The maximum atomic E-state index is 13.5. The fourth-order valence-electron chi connectivity index (χ4n) is 3.35. The van der Waals surface area contributed by atoms with Crippen molar-refractivity contribution in [2.75, 3.05) is 0 Å². The Morgan fingerprint density at radius 1 is 0.893 bits per heavy atom. The van der Waals surface area contributed by atoms with Crippen LogP contribution in [0.25, 0.3) is 38.6 Å². The van der Waals surface area contributed by atoms with Gasteiger partial charge in [0.05, 0.1) is 0 Å². The van der Waals surface area contributed by atoms with Gasteiger partial charge in [-0.15, -0.1) is 11.3 Å². The fraction of sp³-hybridized carbons (Fsp3) is 0. The molecule has 2 aromatic carbocycles. The van der Waals surface area contributed by atoms with Crippen LogP contribution in [-0.4, -0.2) is 9.55 Å². The average Bonchev–Trinajstić information content (AvgIpc) is 3.37. The number of aromatic amines is 1. The second kappa shape index (κ2) is 6.74. The SMILES string of the molecule is O=c1c2c(-c3ccccc3)c(-c3ccccc3)oc2[nH]c(=S)n1-c1cccs1. The van der Waals surface area contributed by atoms with Crippen molar-refractivity contribution in [3.8, 4) is 27.5 Å². The van der Waals surface area contributed by atoms with Crippen LogP contribution < -0.4 is 5.56 Å². The number of nitrogens with one attached hydrogen (secondary N) is 1. The van der Waals surface area contributed by atoms with Crippen molar-refractivity contribution in [1.29, 1.82) is 0 Å². The molecule has 0 spiro atoms. The normalized spacial score (nSPS) is 11.1. The van der Waals surface area contributed by atoms with Gasteiger partial charge in [-0.2, -0.15) is 0 Å². The predicted molar refractivity (Wildman–Crippen MR) is 116 cm³/mol. The van der Waals surface area contributed by atoms with Gasteiger partial charge >= 0.3 is 0 Å². The second-order valence-corrected chi connectivity index (χ2v) is 7.58. The lowest BCUT2D eigenvalue weighted by Crippen LogP contribution is -2.19. The molecule has 0 aliphatic rings. The van der Waals surface area contributed by atoms with Gasteiger partial charge in [-0.1, -0.05) is 60.7 Å². The lowest BCUT2D eigenvalue weighted by Gasteiger charge is -2.05. The molecule has 0 aliphatic carbocycles. The smallest absolute Gasteiger partial charge is 0.271 e. The maximum absolute atomic E-state index is 13.5. The third-order valence-corrected chi connectivity index (χ3v) is 5.71. The molecule has 0 saturated heterocycles. The van der Waals surface area contributed by atoms with E-state index in [-0.39, 0.29) is 5.56 Å². The minimum absolute atomic E-state index is 0.189. The summed E-state index contributed by atoms with van der Waals surface area (Å²) in [5.74, 6) is 0.647. The number of nitrogens with zero attached hydrogens (tertiary/aromatic N) is 1. The number of hydrogen-bond acceptors (Lipinski definition) is 4. The van der Waals surface area contributed by atoms with Gasteiger partial charge in [0.1, 0.15) is 16.1 Å². The van der Waals surface area contributed by atoms with Gasteiger partial charge in [0.25, 0.3) is 5.56 Å². The quantitative estimate of drug-likeness (QED) is 0.375. The monoisotopic (exact) mass is 402 g/mol. The molecule has 1 N–H and O–H groups in total. The van der Waals surface area contributed by atoms with Crippen LogP contribution in [0.4, 0.5) is 0 Å². The van der Waals surface area contributed by atoms with Gasteiger partial charge in [0.15, 0.2) is 4.77 Å². The molecule has 136 valence electrons. The summed E-state index contributed by atoms with van der Waals surface area (Å²) < 4.78 is 7.98. The lowest BCUT2D eigenvalue weighted by molar-refractivity contribution is 0.615. The van der Waals surface area contributed by atoms with E-state index < -0.39 is 0 Å². The largest absolute Gasteiger partial charge is 0.439 e. The van der Waals surface area contributed by atoms with Gasteiger partial charge in [-0.3, -0.25) is 4.79 Å². The van der Waals surface area contributed by atoms with Crippen LogP contribution in [0.5, 0.6) is 0 Å². The zero-order valence-corrected chi connectivity index (χ0v) is 16.2. The Kier molecular flexibility index (Phi) is 4.07. The van der Waals surface area contributed by atoms with Crippen LogP contribution >= 0.6 is 23.6 Å². The Balaban J connectivity index is 1.94. The van der Waals surface area contributed by atoms with E-state index >= 15 is 0 Å². The zero-order valence-electron chi connectivity index (χ0n) is 14.6. The van der Waals surface area contributed by atoms with Gasteiger partial charge in [0.2, 0.25) is 5.71 Å². The summed E-state index contributed by atoms with van der Waals surface area (Å²) >= 11 is 6.92. The zero-order chi connectivity index (χ0) is 19.1. The number of thiophene rings is 1. The summed E-state index contributed by atoms with van der Waals surface area (Å²) in [7, 11) is 0. The van der Waals surface area contributed by atoms with Gasteiger partial charge in [-0.25, -0.2) is 4.57 Å². The first-order valence-corrected chi connectivity index (χ1v) is 9.99. The molecule has 0 unspecified atom stereocenters. The lowest BCUT2D eigenvalue weighted by atomic mass is 10.00. The molecular formula is C22H14N2O2S2. The van der Waals surface area contributed by atoms with Gasteiger partial charge < -0.3 is 9.40 Å². The summed E-state index contributed by atoms with van der Waals surface area (Å²) in [6, 6.07) is 23.4. The van der Waals surface area contributed by atoms with Crippen molar-refractivity contribution in [2.45, 2.75) is 0 Å². The van der Waals surface area contributed by atoms with Crippen LogP contribution in [0.15, 0.2) is 87.4 Å². The molecule has 6 heteroatoms. The highest BCUT2D eigenvalue weighted by molar-refractivity contribution is 7.71. The average molecular weight is 403 g/mol. The number of rotatable bonds is 3. The van der Waals surface area contributed by atoms with Crippen LogP contribution in [0.3, 0.4) is 0 Å². The number of aromatic nitrogens is 2. The maximum Gasteiger partial charge on any atom is 0.271 e. The van der Waals surface area contributed by atoms with E-state index in [4.69, 9.17) is 16.6 Å². The number of furan rings is 1. The van der Waals surface area contributed by atoms with E-state index in [2.05, 4.69) is 4.98 Å². The predicted octanol–water partition coefficient (Wildman–Crippen LogP) is 6.04. The second-order valence-electron chi connectivity index (χ2n) is 6.26. The van der Waals surface area contributed by atoms with Gasteiger partial charge in [-0.05, 0) is 35.3 Å². The van der Waals surface area contributed by atoms with Crippen molar-refractivity contribution >= 4 is 34.7 Å². The van der Waals surface area contributed by atoms with E-state index in [0.717, 1.165) is 21.7 Å². The number of benzene rings is 2.